The Kier molecular flexibility index (Phi) is 5.22. The van der Waals surface area contributed by atoms with Crippen molar-refractivity contribution in [1.29, 1.82) is 0 Å². The van der Waals surface area contributed by atoms with Crippen molar-refractivity contribution in [3.63, 3.8) is 0 Å². The molecule has 0 saturated carbocycles. The highest BCUT2D eigenvalue weighted by Gasteiger charge is 2.10. The quantitative estimate of drug-likeness (QED) is 0.807. The van der Waals surface area contributed by atoms with Crippen LogP contribution in [0.1, 0.15) is 16.7 Å². The number of amides is 1. The summed E-state index contributed by atoms with van der Waals surface area (Å²) in [7, 11) is 0. The van der Waals surface area contributed by atoms with Gasteiger partial charge in [-0.25, -0.2) is 0 Å². The molecular formula is C16H20N2O2S. The number of carbonyl (C=O) groups excluding carboxylic acids is 1. The lowest BCUT2D eigenvalue weighted by Crippen LogP contribution is -2.37. The fourth-order valence-electron chi connectivity index (χ4n) is 2.02. The van der Waals surface area contributed by atoms with E-state index in [0.717, 1.165) is 6.42 Å². The molecule has 2 aromatic rings. The molecule has 0 aliphatic rings. The van der Waals surface area contributed by atoms with Crippen LogP contribution in [0.3, 0.4) is 0 Å². The first-order valence-electron chi connectivity index (χ1n) is 6.86. The van der Waals surface area contributed by atoms with Gasteiger partial charge in [-0.15, -0.1) is 11.3 Å². The molecule has 1 atom stereocenters. The number of rotatable bonds is 6. The first kappa shape index (κ1) is 15.4. The molecule has 21 heavy (non-hydrogen) atoms. The van der Waals surface area contributed by atoms with Crippen LogP contribution in [0.4, 0.5) is 5.69 Å². The molecule has 1 aromatic heterocycles. The van der Waals surface area contributed by atoms with E-state index >= 15 is 0 Å². The van der Waals surface area contributed by atoms with E-state index in [9.17, 15) is 4.79 Å². The average Bonchev–Trinajstić information content (AvgIpc) is 2.81. The average molecular weight is 304 g/mol. The van der Waals surface area contributed by atoms with Crippen molar-refractivity contribution >= 4 is 22.9 Å². The minimum Gasteiger partial charge on any atom is -0.484 e. The standard InChI is InChI=1S/C16H20N2O2S/c1-11(8-15-7-6-12(2)21-15)18-16(19)10-20-14-5-3-4-13(17)9-14/h3-7,9,11H,8,10,17H2,1-2H3,(H,18,19). The van der Waals surface area contributed by atoms with Gasteiger partial charge in [0, 0.05) is 34.0 Å². The molecule has 3 N–H and O–H groups in total. The summed E-state index contributed by atoms with van der Waals surface area (Å²) in [5.74, 6) is 0.477. The summed E-state index contributed by atoms with van der Waals surface area (Å²) in [6.07, 6.45) is 0.836. The van der Waals surface area contributed by atoms with Gasteiger partial charge in [0.25, 0.3) is 5.91 Å². The maximum Gasteiger partial charge on any atom is 0.258 e. The van der Waals surface area contributed by atoms with Crippen LogP contribution in [-0.4, -0.2) is 18.6 Å². The SMILES string of the molecule is Cc1ccc(CC(C)NC(=O)COc2cccc(N)c2)s1. The second-order valence-electron chi connectivity index (χ2n) is 5.05. The monoisotopic (exact) mass is 304 g/mol. The molecule has 0 radical (unpaired) electrons. The number of thiophene rings is 1. The predicted octanol–water partition coefficient (Wildman–Crippen LogP) is 2.76. The van der Waals surface area contributed by atoms with Gasteiger partial charge in [0.2, 0.25) is 0 Å². The summed E-state index contributed by atoms with van der Waals surface area (Å²) in [5.41, 5.74) is 6.27. The van der Waals surface area contributed by atoms with E-state index in [0.29, 0.717) is 11.4 Å². The molecule has 2 rings (SSSR count). The smallest absolute Gasteiger partial charge is 0.258 e. The van der Waals surface area contributed by atoms with E-state index in [2.05, 4.69) is 24.4 Å². The second kappa shape index (κ2) is 7.13. The van der Waals surface area contributed by atoms with Crippen molar-refractivity contribution in [3.8, 4) is 5.75 Å². The van der Waals surface area contributed by atoms with Gasteiger partial charge in [-0.2, -0.15) is 0 Å². The van der Waals surface area contributed by atoms with E-state index in [-0.39, 0.29) is 18.6 Å². The lowest BCUT2D eigenvalue weighted by molar-refractivity contribution is -0.123. The normalized spacial score (nSPS) is 11.9. The third-order valence-electron chi connectivity index (χ3n) is 2.94. The van der Waals surface area contributed by atoms with Crippen LogP contribution in [0, 0.1) is 6.92 Å². The number of hydrogen-bond donors (Lipinski definition) is 2. The van der Waals surface area contributed by atoms with Gasteiger partial charge in [0.05, 0.1) is 0 Å². The van der Waals surface area contributed by atoms with Gasteiger partial charge in [0.1, 0.15) is 5.75 Å². The van der Waals surface area contributed by atoms with Crippen molar-refractivity contribution in [2.75, 3.05) is 12.3 Å². The molecule has 0 aliphatic carbocycles. The molecule has 0 spiro atoms. The third-order valence-corrected chi connectivity index (χ3v) is 3.96. The Hall–Kier alpha value is -2.01. The minimum atomic E-state index is -0.127. The Bertz CT molecular complexity index is 610. The van der Waals surface area contributed by atoms with Crippen molar-refractivity contribution in [2.45, 2.75) is 26.3 Å². The topological polar surface area (TPSA) is 64.3 Å². The molecule has 1 aromatic carbocycles. The summed E-state index contributed by atoms with van der Waals surface area (Å²) in [6, 6.07) is 11.3. The highest BCUT2D eigenvalue weighted by atomic mass is 32.1. The number of nitrogens with two attached hydrogens (primary N) is 1. The van der Waals surface area contributed by atoms with E-state index < -0.39 is 0 Å². The number of carbonyl (C=O) groups is 1. The Morgan fingerprint density at radius 3 is 2.86 bits per heavy atom. The summed E-state index contributed by atoms with van der Waals surface area (Å²) >= 11 is 1.76. The van der Waals surface area contributed by atoms with Gasteiger partial charge in [-0.1, -0.05) is 6.07 Å². The Labute approximate surface area is 128 Å². The molecular weight excluding hydrogens is 284 g/mol. The van der Waals surface area contributed by atoms with Gasteiger partial charge in [0.15, 0.2) is 6.61 Å². The number of anilines is 1. The van der Waals surface area contributed by atoms with Gasteiger partial charge in [-0.3, -0.25) is 4.79 Å². The van der Waals surface area contributed by atoms with Crippen molar-refractivity contribution in [2.24, 2.45) is 0 Å². The molecule has 5 heteroatoms. The lowest BCUT2D eigenvalue weighted by atomic mass is 10.2. The number of nitrogen functional groups attached to an aromatic ring is 1. The van der Waals surface area contributed by atoms with E-state index in [1.54, 1.807) is 35.6 Å². The van der Waals surface area contributed by atoms with Crippen molar-refractivity contribution in [1.82, 2.24) is 5.32 Å². The number of aryl methyl sites for hydroxylation is 1. The number of hydrogen-bond acceptors (Lipinski definition) is 4. The molecule has 0 saturated heterocycles. The zero-order valence-electron chi connectivity index (χ0n) is 12.3. The highest BCUT2D eigenvalue weighted by molar-refractivity contribution is 7.11. The first-order chi connectivity index (χ1) is 10.0. The highest BCUT2D eigenvalue weighted by Crippen LogP contribution is 2.17. The number of ether oxygens (including phenoxy) is 1. The van der Waals surface area contributed by atoms with Crippen molar-refractivity contribution in [3.05, 3.63) is 46.2 Å². The number of nitrogens with one attached hydrogen (secondary N) is 1. The summed E-state index contributed by atoms with van der Waals surface area (Å²) in [6.45, 7) is 4.07. The summed E-state index contributed by atoms with van der Waals surface area (Å²) < 4.78 is 5.41. The molecule has 1 heterocycles. The molecule has 0 aliphatic heterocycles. The maximum absolute atomic E-state index is 11.8. The van der Waals surface area contributed by atoms with Crippen LogP contribution in [0.15, 0.2) is 36.4 Å². The Morgan fingerprint density at radius 2 is 2.19 bits per heavy atom. The zero-order chi connectivity index (χ0) is 15.2. The third kappa shape index (κ3) is 5.11. The molecule has 4 nitrogen and oxygen atoms in total. The van der Waals surface area contributed by atoms with Gasteiger partial charge >= 0.3 is 0 Å². The molecule has 0 fully saturated rings. The second-order valence-corrected chi connectivity index (χ2v) is 6.42. The maximum atomic E-state index is 11.8. The van der Waals surface area contributed by atoms with E-state index in [4.69, 9.17) is 10.5 Å². The van der Waals surface area contributed by atoms with E-state index in [1.807, 2.05) is 6.92 Å². The molecule has 0 bridgehead atoms. The predicted molar refractivity (Wildman–Crippen MR) is 86.7 cm³/mol. The fraction of sp³-hybridized carbons (Fsp3) is 0.312. The van der Waals surface area contributed by atoms with Crippen LogP contribution in [-0.2, 0) is 11.2 Å². The largest absolute Gasteiger partial charge is 0.484 e. The molecule has 1 amide bonds. The van der Waals surface area contributed by atoms with Crippen LogP contribution >= 0.6 is 11.3 Å². The van der Waals surface area contributed by atoms with Crippen molar-refractivity contribution < 1.29 is 9.53 Å². The Balaban J connectivity index is 1.76. The summed E-state index contributed by atoms with van der Waals surface area (Å²) in [4.78, 5) is 14.4. The molecule has 1 unspecified atom stereocenters. The van der Waals surface area contributed by atoms with E-state index in [1.165, 1.54) is 9.75 Å². The van der Waals surface area contributed by atoms with Gasteiger partial charge in [-0.05, 0) is 38.1 Å². The Morgan fingerprint density at radius 1 is 1.38 bits per heavy atom. The number of benzene rings is 1. The van der Waals surface area contributed by atoms with Crippen LogP contribution in [0.25, 0.3) is 0 Å². The first-order valence-corrected chi connectivity index (χ1v) is 7.67. The fourth-order valence-corrected chi connectivity index (χ4v) is 3.04. The van der Waals surface area contributed by atoms with Crippen LogP contribution in [0.5, 0.6) is 5.75 Å². The zero-order valence-corrected chi connectivity index (χ0v) is 13.1. The lowest BCUT2D eigenvalue weighted by Gasteiger charge is -2.13. The summed E-state index contributed by atoms with van der Waals surface area (Å²) in [5, 5.41) is 2.93. The minimum absolute atomic E-state index is 0.00272. The van der Waals surface area contributed by atoms with Crippen LogP contribution < -0.4 is 15.8 Å². The van der Waals surface area contributed by atoms with Gasteiger partial charge < -0.3 is 15.8 Å². The molecule has 112 valence electrons. The van der Waals surface area contributed by atoms with Crippen LogP contribution in [0.2, 0.25) is 0 Å².